The van der Waals surface area contributed by atoms with Crippen LogP contribution in [0.1, 0.15) is 26.7 Å². The molecule has 1 saturated heterocycles. The number of quaternary nitrogens is 1. The summed E-state index contributed by atoms with van der Waals surface area (Å²) in [4.78, 5) is 0. The lowest BCUT2D eigenvalue weighted by molar-refractivity contribution is -0.797. The Morgan fingerprint density at radius 3 is 2.22 bits per heavy atom. The first-order chi connectivity index (χ1) is 4.33. The van der Waals surface area contributed by atoms with E-state index < -0.39 is 0 Å². The van der Waals surface area contributed by atoms with Gasteiger partial charge in [0.2, 0.25) is 0 Å². The van der Waals surface area contributed by atoms with Gasteiger partial charge in [0.25, 0.3) is 0 Å². The Balaban J connectivity index is 2.10. The minimum atomic E-state index is 1.36. The van der Waals surface area contributed by atoms with Crippen molar-refractivity contribution in [2.75, 3.05) is 26.2 Å². The third-order valence-corrected chi connectivity index (χ3v) is 2.51. The fraction of sp³-hybridized carbons (Fsp3) is 1.00. The summed E-state index contributed by atoms with van der Waals surface area (Å²) in [5.74, 6) is 0. The standard InChI is InChI=1S/C8H18N/c1-3-5-6-9(4-2)7-8-9/h3-8H2,1-2H3/q+1. The molecule has 0 amide bonds. The zero-order chi connectivity index (χ0) is 6.74. The summed E-state index contributed by atoms with van der Waals surface area (Å²) in [5, 5.41) is 0. The average Bonchev–Trinajstić information content (AvgIpc) is 2.65. The van der Waals surface area contributed by atoms with Crippen LogP contribution in [0, 0.1) is 0 Å². The molecular weight excluding hydrogens is 110 g/mol. The molecule has 0 aliphatic carbocycles. The molecule has 0 unspecified atom stereocenters. The summed E-state index contributed by atoms with van der Waals surface area (Å²) in [7, 11) is 0. The molecule has 0 N–H and O–H groups in total. The summed E-state index contributed by atoms with van der Waals surface area (Å²) in [6, 6.07) is 0. The molecule has 54 valence electrons. The van der Waals surface area contributed by atoms with Crippen LogP contribution in [0.5, 0.6) is 0 Å². The number of likely N-dealkylation sites (N-methyl/N-ethyl adjacent to an activating group) is 1. The van der Waals surface area contributed by atoms with Crippen LogP contribution in [-0.2, 0) is 0 Å². The van der Waals surface area contributed by atoms with Gasteiger partial charge in [-0.2, -0.15) is 0 Å². The first-order valence-electron chi connectivity index (χ1n) is 4.18. The maximum Gasteiger partial charge on any atom is 0.129 e. The van der Waals surface area contributed by atoms with E-state index in [9.17, 15) is 0 Å². The van der Waals surface area contributed by atoms with Crippen molar-refractivity contribution in [2.24, 2.45) is 0 Å². The van der Waals surface area contributed by atoms with Crippen LogP contribution < -0.4 is 0 Å². The molecule has 0 radical (unpaired) electrons. The molecule has 9 heavy (non-hydrogen) atoms. The first-order valence-corrected chi connectivity index (χ1v) is 4.18. The van der Waals surface area contributed by atoms with Crippen molar-refractivity contribution in [1.29, 1.82) is 0 Å². The third kappa shape index (κ3) is 1.68. The Bertz CT molecular complexity index is 84.6. The normalized spacial score (nSPS) is 22.0. The highest BCUT2D eigenvalue weighted by atomic mass is 15.5. The second-order valence-corrected chi connectivity index (χ2v) is 3.18. The van der Waals surface area contributed by atoms with E-state index in [1.807, 2.05) is 0 Å². The van der Waals surface area contributed by atoms with Gasteiger partial charge in [0.1, 0.15) is 13.1 Å². The van der Waals surface area contributed by atoms with Gasteiger partial charge in [-0.1, -0.05) is 13.3 Å². The maximum atomic E-state index is 2.31. The summed E-state index contributed by atoms with van der Waals surface area (Å²) in [6.45, 7) is 10.3. The monoisotopic (exact) mass is 128 g/mol. The van der Waals surface area contributed by atoms with Gasteiger partial charge in [0.15, 0.2) is 0 Å². The van der Waals surface area contributed by atoms with E-state index in [0.29, 0.717) is 0 Å². The minimum absolute atomic E-state index is 1.36. The average molecular weight is 128 g/mol. The molecule has 1 heterocycles. The Hall–Kier alpha value is -0.0400. The lowest BCUT2D eigenvalue weighted by atomic mass is 10.3. The SMILES string of the molecule is CCCC[N+]1(CC)CC1. The van der Waals surface area contributed by atoms with Crippen molar-refractivity contribution >= 4 is 0 Å². The summed E-state index contributed by atoms with van der Waals surface area (Å²) >= 11 is 0. The zero-order valence-electron chi connectivity index (χ0n) is 6.69. The van der Waals surface area contributed by atoms with Crippen LogP contribution >= 0.6 is 0 Å². The Morgan fingerprint density at radius 2 is 1.89 bits per heavy atom. The minimum Gasteiger partial charge on any atom is -0.315 e. The maximum absolute atomic E-state index is 2.31. The van der Waals surface area contributed by atoms with Crippen molar-refractivity contribution in [3.05, 3.63) is 0 Å². The van der Waals surface area contributed by atoms with Crippen LogP contribution in [0.4, 0.5) is 0 Å². The fourth-order valence-electron chi connectivity index (χ4n) is 1.33. The number of hydrogen-bond acceptors (Lipinski definition) is 0. The quantitative estimate of drug-likeness (QED) is 0.399. The molecule has 0 aromatic carbocycles. The van der Waals surface area contributed by atoms with Crippen molar-refractivity contribution < 1.29 is 4.48 Å². The molecule has 0 saturated carbocycles. The van der Waals surface area contributed by atoms with Crippen molar-refractivity contribution in [2.45, 2.75) is 26.7 Å². The van der Waals surface area contributed by atoms with E-state index in [-0.39, 0.29) is 0 Å². The summed E-state index contributed by atoms with van der Waals surface area (Å²) < 4.78 is 1.42. The molecule has 1 aliphatic rings. The summed E-state index contributed by atoms with van der Waals surface area (Å²) in [5.41, 5.74) is 0. The van der Waals surface area contributed by atoms with Crippen molar-refractivity contribution in [3.8, 4) is 0 Å². The number of hydrogen-bond donors (Lipinski definition) is 0. The van der Waals surface area contributed by atoms with E-state index in [1.165, 1.54) is 43.5 Å². The van der Waals surface area contributed by atoms with Crippen molar-refractivity contribution in [1.82, 2.24) is 0 Å². The molecule has 1 nitrogen and oxygen atoms in total. The molecule has 0 atom stereocenters. The zero-order valence-corrected chi connectivity index (χ0v) is 6.69. The Morgan fingerprint density at radius 1 is 1.22 bits per heavy atom. The van der Waals surface area contributed by atoms with E-state index >= 15 is 0 Å². The van der Waals surface area contributed by atoms with Crippen LogP contribution in [-0.4, -0.2) is 30.7 Å². The van der Waals surface area contributed by atoms with Gasteiger partial charge in [-0.3, -0.25) is 0 Å². The van der Waals surface area contributed by atoms with E-state index in [1.54, 1.807) is 0 Å². The molecule has 0 aromatic rings. The third-order valence-electron chi connectivity index (χ3n) is 2.51. The van der Waals surface area contributed by atoms with Gasteiger partial charge >= 0.3 is 0 Å². The first kappa shape index (κ1) is 7.07. The fourth-order valence-corrected chi connectivity index (χ4v) is 1.33. The van der Waals surface area contributed by atoms with E-state index in [0.717, 1.165) is 0 Å². The lowest BCUT2D eigenvalue weighted by Gasteiger charge is -2.14. The molecular formula is C8H18N+. The van der Waals surface area contributed by atoms with Gasteiger partial charge in [0, 0.05) is 0 Å². The highest BCUT2D eigenvalue weighted by molar-refractivity contribution is 4.54. The number of unbranched alkanes of at least 4 members (excludes halogenated alkanes) is 1. The molecule has 1 heteroatoms. The van der Waals surface area contributed by atoms with Gasteiger partial charge in [0.05, 0.1) is 13.1 Å². The predicted molar refractivity (Wildman–Crippen MR) is 40.3 cm³/mol. The second-order valence-electron chi connectivity index (χ2n) is 3.18. The number of rotatable bonds is 4. The number of nitrogens with zero attached hydrogens (tertiary/aromatic N) is 1. The molecule has 1 aliphatic heterocycles. The van der Waals surface area contributed by atoms with Crippen molar-refractivity contribution in [3.63, 3.8) is 0 Å². The second kappa shape index (κ2) is 2.70. The predicted octanol–water partition coefficient (Wildman–Crippen LogP) is 1.64. The van der Waals surface area contributed by atoms with Gasteiger partial charge < -0.3 is 4.48 Å². The highest BCUT2D eigenvalue weighted by Gasteiger charge is 2.38. The van der Waals surface area contributed by atoms with E-state index in [2.05, 4.69) is 13.8 Å². The highest BCUT2D eigenvalue weighted by Crippen LogP contribution is 2.20. The summed E-state index contributed by atoms with van der Waals surface area (Å²) in [6.07, 6.45) is 2.79. The molecule has 0 spiro atoms. The van der Waals surface area contributed by atoms with Gasteiger partial charge in [-0.05, 0) is 13.3 Å². The largest absolute Gasteiger partial charge is 0.315 e. The molecule has 1 rings (SSSR count). The Labute approximate surface area is 58.3 Å². The lowest BCUT2D eigenvalue weighted by Crippen LogP contribution is -2.26. The molecule has 0 aromatic heterocycles. The van der Waals surface area contributed by atoms with Gasteiger partial charge in [-0.15, -0.1) is 0 Å². The van der Waals surface area contributed by atoms with Crippen LogP contribution in [0.15, 0.2) is 0 Å². The van der Waals surface area contributed by atoms with Gasteiger partial charge in [-0.25, -0.2) is 0 Å². The smallest absolute Gasteiger partial charge is 0.129 e. The topological polar surface area (TPSA) is 0 Å². The Kier molecular flexibility index (Phi) is 2.12. The molecule has 0 bridgehead atoms. The van der Waals surface area contributed by atoms with E-state index in [4.69, 9.17) is 0 Å². The van der Waals surface area contributed by atoms with Crippen LogP contribution in [0.2, 0.25) is 0 Å². The van der Waals surface area contributed by atoms with Crippen LogP contribution in [0.25, 0.3) is 0 Å². The molecule has 1 fully saturated rings. The van der Waals surface area contributed by atoms with Crippen LogP contribution in [0.3, 0.4) is 0 Å².